The number of benzene rings is 2. The molecule has 0 aliphatic rings. The number of aryl methyl sites for hydroxylation is 2. The summed E-state index contributed by atoms with van der Waals surface area (Å²) in [7, 11) is 0. The van der Waals surface area contributed by atoms with E-state index in [0.29, 0.717) is 34.7 Å². The van der Waals surface area contributed by atoms with Crippen molar-refractivity contribution in [1.29, 1.82) is 0 Å². The van der Waals surface area contributed by atoms with E-state index >= 15 is 0 Å². The van der Waals surface area contributed by atoms with Crippen LogP contribution in [0.4, 0.5) is 18.9 Å². The number of carbonyl (C=O) groups excluding carboxylic acids is 1. The molecule has 2 aromatic carbocycles. The van der Waals surface area contributed by atoms with E-state index in [1.807, 2.05) is 0 Å². The van der Waals surface area contributed by atoms with Crippen LogP contribution in [0.5, 0.6) is 11.5 Å². The Kier molecular flexibility index (Phi) is 6.94. The molecule has 28 heavy (non-hydrogen) atoms. The Labute approximate surface area is 162 Å². The first-order valence-corrected chi connectivity index (χ1v) is 9.03. The topological polar surface area (TPSA) is 47.6 Å². The summed E-state index contributed by atoms with van der Waals surface area (Å²) in [5.41, 5.74) is 1.34. The minimum Gasteiger partial charge on any atom is -0.493 e. The monoisotopic (exact) mass is 395 g/mol. The van der Waals surface area contributed by atoms with Gasteiger partial charge in [0.25, 0.3) is 0 Å². The number of rotatable bonds is 7. The lowest BCUT2D eigenvalue weighted by Crippen LogP contribution is -2.14. The summed E-state index contributed by atoms with van der Waals surface area (Å²) in [6.07, 6.45) is -4.26. The number of hydrogen-bond acceptors (Lipinski definition) is 3. The molecule has 1 amide bonds. The Morgan fingerprint density at radius 1 is 1.04 bits per heavy atom. The average molecular weight is 395 g/mol. The Balaban J connectivity index is 2.41. The number of nitrogens with one attached hydrogen (secondary N) is 1. The van der Waals surface area contributed by atoms with E-state index in [1.165, 1.54) is 6.07 Å². The summed E-state index contributed by atoms with van der Waals surface area (Å²) in [6.45, 7) is 7.05. The molecular weight excluding hydrogens is 371 g/mol. The van der Waals surface area contributed by atoms with Gasteiger partial charge in [-0.2, -0.15) is 13.2 Å². The molecule has 2 aromatic rings. The predicted octanol–water partition coefficient (Wildman–Crippen LogP) is 5.65. The van der Waals surface area contributed by atoms with E-state index in [-0.39, 0.29) is 24.7 Å². The lowest BCUT2D eigenvalue weighted by Gasteiger charge is -2.19. The van der Waals surface area contributed by atoms with Gasteiger partial charge in [0.15, 0.2) is 0 Å². The maximum atomic E-state index is 13.4. The lowest BCUT2D eigenvalue weighted by molar-refractivity contribution is -0.139. The fraction of sp³-hybridized carbons (Fsp3) is 0.381. The summed E-state index contributed by atoms with van der Waals surface area (Å²) in [5.74, 6) is -0.0134. The smallest absolute Gasteiger partial charge is 0.419 e. The number of ether oxygens (including phenoxy) is 2. The molecule has 0 bridgehead atoms. The van der Waals surface area contributed by atoms with E-state index in [9.17, 15) is 18.0 Å². The Morgan fingerprint density at radius 2 is 1.71 bits per heavy atom. The van der Waals surface area contributed by atoms with Crippen LogP contribution < -0.4 is 14.8 Å². The van der Waals surface area contributed by atoms with Gasteiger partial charge in [-0.05, 0) is 56.2 Å². The number of anilines is 1. The minimum absolute atomic E-state index is 0.179. The maximum absolute atomic E-state index is 13.4. The van der Waals surface area contributed by atoms with Crippen molar-refractivity contribution >= 4 is 11.6 Å². The van der Waals surface area contributed by atoms with Crippen LogP contribution in [-0.2, 0) is 17.6 Å². The average Bonchev–Trinajstić information content (AvgIpc) is 2.62. The van der Waals surface area contributed by atoms with Gasteiger partial charge in [0.1, 0.15) is 18.1 Å². The van der Waals surface area contributed by atoms with E-state index in [0.717, 1.165) is 6.07 Å². The molecule has 0 atom stereocenters. The van der Waals surface area contributed by atoms with Crippen LogP contribution in [0.1, 0.15) is 42.5 Å². The summed E-state index contributed by atoms with van der Waals surface area (Å²) >= 11 is 0. The molecule has 0 saturated carbocycles. The van der Waals surface area contributed by atoms with E-state index < -0.39 is 11.7 Å². The first-order valence-electron chi connectivity index (χ1n) is 9.03. The Bertz CT molecular complexity index is 848. The highest BCUT2D eigenvalue weighted by atomic mass is 19.4. The first kappa shape index (κ1) is 21.6. The Morgan fingerprint density at radius 3 is 2.32 bits per heavy atom. The van der Waals surface area contributed by atoms with Crippen molar-refractivity contribution in [1.82, 2.24) is 0 Å². The van der Waals surface area contributed by atoms with Crippen LogP contribution in [0.25, 0.3) is 0 Å². The van der Waals surface area contributed by atoms with Crippen LogP contribution >= 0.6 is 0 Å². The molecule has 0 aliphatic carbocycles. The summed E-state index contributed by atoms with van der Waals surface area (Å²) in [6, 6.07) is 7.52. The molecule has 0 spiro atoms. The molecule has 0 radical (unpaired) electrons. The third-order valence-electron chi connectivity index (χ3n) is 4.30. The van der Waals surface area contributed by atoms with Gasteiger partial charge in [0, 0.05) is 6.42 Å². The van der Waals surface area contributed by atoms with Crippen molar-refractivity contribution in [2.75, 3.05) is 11.9 Å². The third kappa shape index (κ3) is 5.18. The number of carbonyl (C=O) groups is 1. The first-order chi connectivity index (χ1) is 13.2. The molecule has 4 nitrogen and oxygen atoms in total. The zero-order valence-corrected chi connectivity index (χ0v) is 16.4. The van der Waals surface area contributed by atoms with Crippen molar-refractivity contribution < 1.29 is 27.4 Å². The van der Waals surface area contributed by atoms with Gasteiger partial charge in [0.2, 0.25) is 5.91 Å². The molecule has 0 fully saturated rings. The zero-order chi connectivity index (χ0) is 20.9. The van der Waals surface area contributed by atoms with Gasteiger partial charge < -0.3 is 14.8 Å². The molecule has 0 heterocycles. The molecule has 2 rings (SSSR count). The highest BCUT2D eigenvalue weighted by Crippen LogP contribution is 2.39. The van der Waals surface area contributed by atoms with Gasteiger partial charge in [-0.25, -0.2) is 0 Å². The van der Waals surface area contributed by atoms with Gasteiger partial charge in [-0.3, -0.25) is 4.79 Å². The molecular formula is C21H24F3NO3. The molecule has 0 unspecified atom stereocenters. The van der Waals surface area contributed by atoms with Gasteiger partial charge >= 0.3 is 6.18 Å². The second-order valence-electron chi connectivity index (χ2n) is 6.34. The fourth-order valence-electron chi connectivity index (χ4n) is 2.64. The number of alkyl halides is 3. The van der Waals surface area contributed by atoms with Gasteiger partial charge in [0.05, 0.1) is 23.4 Å². The molecule has 1 N–H and O–H groups in total. The quantitative estimate of drug-likeness (QED) is 0.659. The maximum Gasteiger partial charge on any atom is 0.419 e. The number of halogens is 3. The fourth-order valence-corrected chi connectivity index (χ4v) is 2.64. The molecule has 7 heteroatoms. The second-order valence-corrected chi connectivity index (χ2v) is 6.34. The van der Waals surface area contributed by atoms with Crippen LogP contribution in [0.15, 0.2) is 30.3 Å². The summed E-state index contributed by atoms with van der Waals surface area (Å²) in [5, 5.41) is 2.74. The Hall–Kier alpha value is -2.70. The molecule has 0 aromatic heterocycles. The van der Waals surface area contributed by atoms with Gasteiger partial charge in [-0.1, -0.05) is 13.0 Å². The highest BCUT2D eigenvalue weighted by Gasteiger charge is 2.35. The second kappa shape index (κ2) is 8.99. The predicted molar refractivity (Wildman–Crippen MR) is 102 cm³/mol. The van der Waals surface area contributed by atoms with E-state index in [1.54, 1.807) is 45.9 Å². The van der Waals surface area contributed by atoms with E-state index in [4.69, 9.17) is 9.47 Å². The normalized spacial score (nSPS) is 11.2. The summed E-state index contributed by atoms with van der Waals surface area (Å²) < 4.78 is 51.4. The van der Waals surface area contributed by atoms with Crippen LogP contribution in [-0.4, -0.2) is 12.5 Å². The zero-order valence-electron chi connectivity index (χ0n) is 16.4. The molecule has 0 aliphatic heterocycles. The number of hydrogen-bond donors (Lipinski definition) is 1. The molecule has 0 saturated heterocycles. The van der Waals surface area contributed by atoms with Gasteiger partial charge in [-0.15, -0.1) is 0 Å². The van der Waals surface area contributed by atoms with Crippen LogP contribution in [0.3, 0.4) is 0 Å². The van der Waals surface area contributed by atoms with Crippen molar-refractivity contribution in [2.24, 2.45) is 0 Å². The third-order valence-corrected chi connectivity index (χ3v) is 4.30. The lowest BCUT2D eigenvalue weighted by atomic mass is 10.0. The van der Waals surface area contributed by atoms with Crippen molar-refractivity contribution in [3.8, 4) is 11.5 Å². The molecule has 152 valence electrons. The van der Waals surface area contributed by atoms with Crippen LogP contribution in [0.2, 0.25) is 0 Å². The number of amides is 1. The SMILES string of the molecule is CCOc1cccc(NC(=O)CC)c1COc1cc(C)c(C)cc1C(F)(F)F. The summed E-state index contributed by atoms with van der Waals surface area (Å²) in [4.78, 5) is 11.8. The highest BCUT2D eigenvalue weighted by molar-refractivity contribution is 5.91. The van der Waals surface area contributed by atoms with Crippen molar-refractivity contribution in [3.05, 3.63) is 52.6 Å². The van der Waals surface area contributed by atoms with Crippen molar-refractivity contribution in [2.45, 2.75) is 46.9 Å². The minimum atomic E-state index is -4.54. The standard InChI is InChI=1S/C21H24F3NO3/c1-5-20(26)25-17-8-7-9-18(27-6-2)15(17)12-28-19-11-14(4)13(3)10-16(19)21(22,23)24/h7-11H,5-6,12H2,1-4H3,(H,25,26). The van der Waals surface area contributed by atoms with E-state index in [2.05, 4.69) is 5.32 Å². The van der Waals surface area contributed by atoms with Crippen LogP contribution in [0, 0.1) is 13.8 Å². The largest absolute Gasteiger partial charge is 0.493 e. The van der Waals surface area contributed by atoms with Crippen molar-refractivity contribution in [3.63, 3.8) is 0 Å².